The van der Waals surface area contributed by atoms with E-state index in [-0.39, 0.29) is 12.1 Å². The van der Waals surface area contributed by atoms with Gasteiger partial charge in [0.05, 0.1) is 30.8 Å². The van der Waals surface area contributed by atoms with Gasteiger partial charge in [0, 0.05) is 31.9 Å². The summed E-state index contributed by atoms with van der Waals surface area (Å²) in [5.74, 6) is 0. The summed E-state index contributed by atoms with van der Waals surface area (Å²) in [6.45, 7) is 9.91. The summed E-state index contributed by atoms with van der Waals surface area (Å²) in [4.78, 5) is 6.84. The molecule has 114 valence electrons. The van der Waals surface area contributed by atoms with E-state index in [0.29, 0.717) is 12.6 Å². The maximum absolute atomic E-state index is 6.10. The Morgan fingerprint density at radius 2 is 2.30 bits per heavy atom. The summed E-state index contributed by atoms with van der Waals surface area (Å²) in [6, 6.07) is 0.685. The quantitative estimate of drug-likeness (QED) is 0.863. The van der Waals surface area contributed by atoms with Crippen LogP contribution in [0, 0.1) is 0 Å². The van der Waals surface area contributed by atoms with Crippen LogP contribution >= 0.6 is 0 Å². The van der Waals surface area contributed by atoms with Crippen molar-refractivity contribution in [2.45, 2.75) is 58.3 Å². The molecule has 0 saturated carbocycles. The van der Waals surface area contributed by atoms with Gasteiger partial charge < -0.3 is 15.0 Å². The highest BCUT2D eigenvalue weighted by Crippen LogP contribution is 2.27. The van der Waals surface area contributed by atoms with Gasteiger partial charge in [-0.2, -0.15) is 0 Å². The van der Waals surface area contributed by atoms with Crippen LogP contribution in [-0.4, -0.2) is 46.3 Å². The molecule has 0 radical (unpaired) electrons. The van der Waals surface area contributed by atoms with Crippen LogP contribution in [0.2, 0.25) is 0 Å². The molecule has 1 aromatic rings. The second-order valence-corrected chi connectivity index (χ2v) is 5.67. The predicted octanol–water partition coefficient (Wildman–Crippen LogP) is 1.79. The standard InChI is InChI=1S/C15H28N4O/c1-4-6-18-11-17-8-15(18)14(7-16)19-9-12(3)20-10-13(19)5-2/h8,11-14H,4-7,9-10,16H2,1-3H3. The van der Waals surface area contributed by atoms with E-state index >= 15 is 0 Å². The number of morpholine rings is 1. The first-order valence-corrected chi connectivity index (χ1v) is 7.78. The summed E-state index contributed by atoms with van der Waals surface area (Å²) < 4.78 is 8.04. The Hall–Kier alpha value is -0.910. The highest BCUT2D eigenvalue weighted by Gasteiger charge is 2.32. The fraction of sp³-hybridized carbons (Fsp3) is 0.800. The minimum absolute atomic E-state index is 0.236. The minimum atomic E-state index is 0.236. The van der Waals surface area contributed by atoms with Crippen molar-refractivity contribution in [3.63, 3.8) is 0 Å². The number of aromatic nitrogens is 2. The molecule has 3 atom stereocenters. The van der Waals surface area contributed by atoms with Gasteiger partial charge in [-0.15, -0.1) is 0 Å². The molecular formula is C15H28N4O. The molecule has 5 heteroatoms. The molecule has 1 fully saturated rings. The first-order valence-electron chi connectivity index (χ1n) is 7.78. The molecule has 1 aliphatic rings. The zero-order chi connectivity index (χ0) is 14.5. The summed E-state index contributed by atoms with van der Waals surface area (Å²) in [6.07, 6.45) is 6.36. The molecule has 1 saturated heterocycles. The van der Waals surface area contributed by atoms with E-state index in [2.05, 4.69) is 35.2 Å². The average molecular weight is 280 g/mol. The van der Waals surface area contributed by atoms with E-state index in [9.17, 15) is 0 Å². The molecule has 3 unspecified atom stereocenters. The van der Waals surface area contributed by atoms with E-state index in [4.69, 9.17) is 10.5 Å². The van der Waals surface area contributed by atoms with Gasteiger partial charge in [-0.05, 0) is 19.8 Å². The van der Waals surface area contributed by atoms with Gasteiger partial charge in [0.1, 0.15) is 0 Å². The fourth-order valence-corrected chi connectivity index (χ4v) is 3.07. The number of hydrogen-bond donors (Lipinski definition) is 1. The predicted molar refractivity (Wildman–Crippen MR) is 80.5 cm³/mol. The van der Waals surface area contributed by atoms with Crippen LogP contribution in [0.25, 0.3) is 0 Å². The molecule has 1 aromatic heterocycles. The molecule has 2 rings (SSSR count). The Balaban J connectivity index is 2.22. The van der Waals surface area contributed by atoms with Crippen LogP contribution in [0.15, 0.2) is 12.5 Å². The van der Waals surface area contributed by atoms with E-state index in [1.54, 1.807) is 0 Å². The molecule has 0 aromatic carbocycles. The first-order chi connectivity index (χ1) is 9.71. The summed E-state index contributed by atoms with van der Waals surface area (Å²) in [7, 11) is 0. The molecule has 0 aliphatic carbocycles. The fourth-order valence-electron chi connectivity index (χ4n) is 3.07. The van der Waals surface area contributed by atoms with Gasteiger partial charge in [0.25, 0.3) is 0 Å². The lowest BCUT2D eigenvalue weighted by atomic mass is 10.0. The van der Waals surface area contributed by atoms with Crippen molar-refractivity contribution in [2.24, 2.45) is 5.73 Å². The maximum Gasteiger partial charge on any atom is 0.0948 e. The van der Waals surface area contributed by atoms with Crippen molar-refractivity contribution in [1.82, 2.24) is 14.5 Å². The van der Waals surface area contributed by atoms with Crippen LogP contribution in [0.1, 0.15) is 45.3 Å². The van der Waals surface area contributed by atoms with Gasteiger partial charge in [-0.1, -0.05) is 13.8 Å². The third-order valence-electron chi connectivity index (χ3n) is 4.16. The molecule has 20 heavy (non-hydrogen) atoms. The maximum atomic E-state index is 6.10. The van der Waals surface area contributed by atoms with E-state index in [1.165, 1.54) is 5.69 Å². The Labute approximate surface area is 122 Å². The van der Waals surface area contributed by atoms with Crippen molar-refractivity contribution in [3.8, 4) is 0 Å². The van der Waals surface area contributed by atoms with Crippen molar-refractivity contribution < 1.29 is 4.74 Å². The van der Waals surface area contributed by atoms with Crippen LogP contribution in [0.4, 0.5) is 0 Å². The lowest BCUT2D eigenvalue weighted by Crippen LogP contribution is -2.51. The van der Waals surface area contributed by atoms with Gasteiger partial charge in [-0.25, -0.2) is 4.98 Å². The first kappa shape index (κ1) is 15.5. The molecule has 2 heterocycles. The second kappa shape index (κ2) is 7.20. The smallest absolute Gasteiger partial charge is 0.0948 e. The van der Waals surface area contributed by atoms with Crippen molar-refractivity contribution in [2.75, 3.05) is 19.7 Å². The summed E-state index contributed by atoms with van der Waals surface area (Å²) >= 11 is 0. The number of nitrogens with zero attached hydrogens (tertiary/aromatic N) is 3. The number of rotatable bonds is 6. The van der Waals surface area contributed by atoms with Crippen molar-refractivity contribution in [1.29, 1.82) is 0 Å². The van der Waals surface area contributed by atoms with Crippen molar-refractivity contribution in [3.05, 3.63) is 18.2 Å². The molecule has 2 N–H and O–H groups in total. The minimum Gasteiger partial charge on any atom is -0.376 e. The Kier molecular flexibility index (Phi) is 5.57. The molecular weight excluding hydrogens is 252 g/mol. The summed E-state index contributed by atoms with van der Waals surface area (Å²) in [5.41, 5.74) is 7.34. The third-order valence-corrected chi connectivity index (χ3v) is 4.16. The lowest BCUT2D eigenvalue weighted by molar-refractivity contribution is -0.0729. The number of ether oxygens (including phenoxy) is 1. The van der Waals surface area contributed by atoms with E-state index < -0.39 is 0 Å². The number of aryl methyl sites for hydroxylation is 1. The number of imidazole rings is 1. The van der Waals surface area contributed by atoms with E-state index in [1.807, 2.05) is 12.5 Å². The number of nitrogens with two attached hydrogens (primary N) is 1. The monoisotopic (exact) mass is 280 g/mol. The van der Waals surface area contributed by atoms with Gasteiger partial charge in [0.2, 0.25) is 0 Å². The van der Waals surface area contributed by atoms with Crippen molar-refractivity contribution >= 4 is 0 Å². The zero-order valence-electron chi connectivity index (χ0n) is 13.0. The van der Waals surface area contributed by atoms with Gasteiger partial charge >= 0.3 is 0 Å². The van der Waals surface area contributed by atoms with Crippen LogP contribution < -0.4 is 5.73 Å². The molecule has 0 amide bonds. The normalized spacial score (nSPS) is 25.8. The second-order valence-electron chi connectivity index (χ2n) is 5.67. The Morgan fingerprint density at radius 3 is 2.95 bits per heavy atom. The zero-order valence-corrected chi connectivity index (χ0v) is 13.0. The molecule has 0 spiro atoms. The largest absolute Gasteiger partial charge is 0.376 e. The van der Waals surface area contributed by atoms with Crippen LogP contribution in [0.5, 0.6) is 0 Å². The third kappa shape index (κ3) is 3.22. The molecule has 1 aliphatic heterocycles. The average Bonchev–Trinajstić information content (AvgIpc) is 2.89. The lowest BCUT2D eigenvalue weighted by Gasteiger charge is -2.42. The highest BCUT2D eigenvalue weighted by atomic mass is 16.5. The highest BCUT2D eigenvalue weighted by molar-refractivity contribution is 5.08. The van der Waals surface area contributed by atoms with E-state index in [0.717, 1.165) is 32.5 Å². The van der Waals surface area contributed by atoms with Crippen LogP contribution in [0.3, 0.4) is 0 Å². The molecule has 5 nitrogen and oxygen atoms in total. The Bertz CT molecular complexity index is 406. The topological polar surface area (TPSA) is 56.3 Å². The summed E-state index contributed by atoms with van der Waals surface area (Å²) in [5, 5.41) is 0. The Morgan fingerprint density at radius 1 is 1.50 bits per heavy atom. The van der Waals surface area contributed by atoms with Gasteiger partial charge in [0.15, 0.2) is 0 Å². The van der Waals surface area contributed by atoms with Gasteiger partial charge in [-0.3, -0.25) is 4.90 Å². The molecule has 0 bridgehead atoms. The SMILES string of the molecule is CCCn1cncc1C(CN)N1CC(C)OCC1CC. The van der Waals surface area contributed by atoms with Crippen LogP contribution in [-0.2, 0) is 11.3 Å². The number of hydrogen-bond acceptors (Lipinski definition) is 4.